The molecular formula is C15H62N13O21P7-6. The Morgan fingerprint density at radius 1 is 0.214 bits per heavy atom. The Bertz CT molecular complexity index is 1220. The van der Waals surface area contributed by atoms with E-state index >= 15 is 0 Å². The van der Waals surface area contributed by atoms with Gasteiger partial charge in [-0.1, -0.05) is 53.2 Å². The quantitative estimate of drug-likeness (QED) is 0.0373. The highest BCUT2D eigenvalue weighted by Gasteiger charge is 2.18. The van der Waals surface area contributed by atoms with Gasteiger partial charge in [-0.05, 0) is 0 Å². The zero-order valence-corrected chi connectivity index (χ0v) is 38.8. The molecule has 32 N–H and O–H groups in total. The maximum absolute atomic E-state index is 11.5. The summed E-state index contributed by atoms with van der Waals surface area (Å²) < 4.78 is 78.8. The Kier molecular flexibility index (Phi) is 43.2. The van der Waals surface area contributed by atoms with Gasteiger partial charge in [0.25, 0.3) is 0 Å². The summed E-state index contributed by atoms with van der Waals surface area (Å²) in [5.74, 6) is 0. The fourth-order valence-electron chi connectivity index (χ4n) is 3.98. The summed E-state index contributed by atoms with van der Waals surface area (Å²) >= 11 is 0. The molecule has 56 heavy (non-hydrogen) atoms. The highest BCUT2D eigenvalue weighted by Crippen LogP contribution is 2.33. The monoisotopic (exact) mass is 977 g/mol. The lowest BCUT2D eigenvalue weighted by molar-refractivity contribution is -0.321. The molecule has 0 rings (SSSR count). The predicted molar refractivity (Wildman–Crippen MR) is 183 cm³/mol. The molecule has 0 spiro atoms. The van der Waals surface area contributed by atoms with Crippen LogP contribution in [0.4, 0.5) is 0 Å². The van der Waals surface area contributed by atoms with Crippen molar-refractivity contribution in [3.8, 4) is 0 Å². The predicted octanol–water partition coefficient (Wildman–Crippen LogP) is -9.40. The third-order valence-corrected chi connectivity index (χ3v) is 10.8. The highest BCUT2D eigenvalue weighted by atomic mass is 31.2. The van der Waals surface area contributed by atoms with Crippen LogP contribution >= 0.6 is 53.2 Å². The SMILES string of the molecule is O=P([O-])([O-])CN(CCN(CCN(CP(=O)([O-])[O-])CP(=O)([O-])[O-])CP(=O)([O-])[O-])CCN(CCN(CP(=O)([O-])[O-])CP(=O)([O-])[O-])CP(=O)([O-])[O-].[NH4+].[NH4+].[NH4+].[NH4+].[NH4+].[NH4+].[NH4+].[NH4+]. The van der Waals surface area contributed by atoms with E-state index in [0.29, 0.717) is 19.6 Å². The number of hydrogen-bond acceptors (Lipinski definition) is 26. The Balaban J connectivity index is -0.000000394. The molecule has 0 amide bonds. The van der Waals surface area contributed by atoms with E-state index in [0.717, 1.165) is 4.90 Å². The third-order valence-electron chi connectivity index (χ3n) is 5.54. The van der Waals surface area contributed by atoms with E-state index in [9.17, 15) is 100 Å². The first kappa shape index (κ1) is 77.2. The standard InChI is InChI=1S/C15H44N5O21P7.8H3N/c21-42(22,23)9-16(1-3-17(10-43(24,25)26)5-7-19(12-45(30,31)32)13-46(33,34)35)2-4-18(11-44(27,28)29)6-8-20(14-47(36,37)38)15-48(39,40)41;;;;;;;;/h1-15H2,(H2,21,22,23)(H2,24,25,26)(H2,27,28,29)(H2,30,31,32)(H2,33,34,35)(H2,36,37,38)(H2,39,40,41);8*1H3/p-6. The number of nitrogens with zero attached hydrogens (tertiary/aromatic N) is 5. The molecule has 0 aromatic carbocycles. The second kappa shape index (κ2) is 31.4. The van der Waals surface area contributed by atoms with Gasteiger partial charge < -0.3 is 150 Å². The van der Waals surface area contributed by atoms with Crippen molar-refractivity contribution < 1.29 is 100 Å². The number of quaternary nitrogens is 8. The van der Waals surface area contributed by atoms with Crippen molar-refractivity contribution >= 4 is 53.2 Å². The molecule has 0 aromatic rings. The minimum atomic E-state index is -5.47. The Morgan fingerprint density at radius 3 is 0.411 bits per heavy atom. The Labute approximate surface area is 323 Å². The van der Waals surface area contributed by atoms with Gasteiger partial charge in [-0.15, -0.1) is 0 Å². The van der Waals surface area contributed by atoms with Crippen molar-refractivity contribution in [1.82, 2.24) is 73.7 Å². The number of hydrogen-bond donors (Lipinski definition) is 8. The summed E-state index contributed by atoms with van der Waals surface area (Å²) in [5, 5.41) is 0. The van der Waals surface area contributed by atoms with Gasteiger partial charge in [0.2, 0.25) is 0 Å². The van der Waals surface area contributed by atoms with Crippen LogP contribution in [0.5, 0.6) is 0 Å². The van der Waals surface area contributed by atoms with Gasteiger partial charge in [-0.2, -0.15) is 0 Å². The summed E-state index contributed by atoms with van der Waals surface area (Å²) in [6.45, 7) is -5.71. The van der Waals surface area contributed by atoms with Crippen molar-refractivity contribution in [3.63, 3.8) is 0 Å². The first-order valence-corrected chi connectivity index (χ1v) is 24.9. The lowest BCUT2D eigenvalue weighted by Gasteiger charge is -2.43. The van der Waals surface area contributed by atoms with E-state index in [2.05, 4.69) is 0 Å². The summed E-state index contributed by atoms with van der Waals surface area (Å²) in [7, 11) is -38.3. The molecule has 0 unspecified atom stereocenters. The van der Waals surface area contributed by atoms with Crippen molar-refractivity contribution in [1.29, 1.82) is 0 Å². The molecule has 0 aliphatic rings. The molecule has 0 saturated carbocycles. The van der Waals surface area contributed by atoms with Crippen LogP contribution in [0.15, 0.2) is 0 Å². The van der Waals surface area contributed by atoms with E-state index in [1.807, 2.05) is 0 Å². The van der Waals surface area contributed by atoms with E-state index in [-0.39, 0.29) is 49.2 Å². The summed E-state index contributed by atoms with van der Waals surface area (Å²) in [4.78, 5) is 160. The molecule has 0 aliphatic carbocycles. The summed E-state index contributed by atoms with van der Waals surface area (Å²) in [5.41, 5.74) is 0. The van der Waals surface area contributed by atoms with Crippen LogP contribution in [-0.4, -0.2) is 121 Å². The van der Waals surface area contributed by atoms with Gasteiger partial charge in [0.1, 0.15) is 0 Å². The molecule has 354 valence electrons. The molecule has 0 aromatic heterocycles. The van der Waals surface area contributed by atoms with Gasteiger partial charge in [0, 0.05) is 96.4 Å². The Hall–Kier alpha value is 0.530. The van der Waals surface area contributed by atoms with Gasteiger partial charge in [-0.3, -0.25) is 24.5 Å². The van der Waals surface area contributed by atoms with E-state index in [4.69, 9.17) is 0 Å². The fraction of sp³-hybridized carbons (Fsp3) is 1.00. The highest BCUT2D eigenvalue weighted by molar-refractivity contribution is 7.50. The van der Waals surface area contributed by atoms with E-state index < -0.39 is 150 Å². The molecule has 0 bridgehead atoms. The zero-order chi connectivity index (χ0) is 38.0. The largest absolute Gasteiger partial charge is 0.810 e. The van der Waals surface area contributed by atoms with Crippen LogP contribution in [-0.2, 0) is 32.0 Å². The second-order valence-electron chi connectivity index (χ2n) is 10.4. The average Bonchev–Trinajstić information content (AvgIpc) is 2.75. The van der Waals surface area contributed by atoms with Gasteiger partial charge in [-0.25, -0.2) is 0 Å². The van der Waals surface area contributed by atoms with Crippen LogP contribution in [0.1, 0.15) is 0 Å². The lowest BCUT2D eigenvalue weighted by Crippen LogP contribution is -2.47. The molecule has 0 fully saturated rings. The second-order valence-corrected chi connectivity index (χ2v) is 20.9. The Morgan fingerprint density at radius 2 is 0.304 bits per heavy atom. The first-order chi connectivity index (χ1) is 21.1. The molecule has 0 heterocycles. The molecule has 41 heteroatoms. The maximum atomic E-state index is 11.5. The van der Waals surface area contributed by atoms with Crippen molar-refractivity contribution in [2.75, 3.05) is 96.4 Å². The summed E-state index contributed by atoms with van der Waals surface area (Å²) in [6, 6.07) is 0. The third kappa shape index (κ3) is 50.7. The topological polar surface area (TPSA) is 751 Å². The number of rotatable bonds is 26. The van der Waals surface area contributed by atoms with Gasteiger partial charge >= 0.3 is 0 Å². The average molecular weight is 978 g/mol. The van der Waals surface area contributed by atoms with Crippen LogP contribution in [0, 0.1) is 0 Å². The minimum absolute atomic E-state index is 0. The van der Waals surface area contributed by atoms with E-state index in [1.165, 1.54) is 0 Å². The molecule has 0 atom stereocenters. The zero-order valence-electron chi connectivity index (χ0n) is 32.5. The minimum Gasteiger partial charge on any atom is -0.810 e. The molecule has 34 nitrogen and oxygen atoms in total. The van der Waals surface area contributed by atoms with Crippen LogP contribution in [0.3, 0.4) is 0 Å². The summed E-state index contributed by atoms with van der Waals surface area (Å²) in [6.07, 6.45) is -10.1. The molecular weight excluding hydrogens is 915 g/mol. The normalized spacial score (nSPS) is 12.6. The maximum Gasteiger partial charge on any atom is 0.0264 e. The van der Waals surface area contributed by atoms with Crippen LogP contribution < -0.4 is 118 Å². The lowest BCUT2D eigenvalue weighted by atomic mass is 10.4. The van der Waals surface area contributed by atoms with Crippen molar-refractivity contribution in [2.45, 2.75) is 0 Å². The van der Waals surface area contributed by atoms with Crippen molar-refractivity contribution in [3.05, 3.63) is 0 Å². The fourth-order valence-corrected chi connectivity index (χ4v) is 9.54. The molecule has 0 aliphatic heterocycles. The van der Waals surface area contributed by atoms with Crippen molar-refractivity contribution in [2.24, 2.45) is 0 Å². The molecule has 0 radical (unpaired) electrons. The smallest absolute Gasteiger partial charge is 0.0264 e. The molecule has 0 saturated heterocycles. The van der Waals surface area contributed by atoms with Crippen LogP contribution in [0.2, 0.25) is 0 Å². The first-order valence-electron chi connectivity index (χ1n) is 12.8. The van der Waals surface area contributed by atoms with Gasteiger partial charge in [0.15, 0.2) is 0 Å². The van der Waals surface area contributed by atoms with Crippen LogP contribution in [0.25, 0.3) is 0 Å². The van der Waals surface area contributed by atoms with E-state index in [1.54, 1.807) is 0 Å². The van der Waals surface area contributed by atoms with Gasteiger partial charge in [0.05, 0.1) is 0 Å².